The van der Waals surface area contributed by atoms with Gasteiger partial charge < -0.3 is 15.4 Å². The van der Waals surface area contributed by atoms with E-state index in [1.165, 1.54) is 55.6 Å². The smallest absolute Gasteiger partial charge is 0.337 e. The maximum atomic E-state index is 13.6. The number of benzene rings is 3. The summed E-state index contributed by atoms with van der Waals surface area (Å²) in [5.41, 5.74) is 1.41. The number of anilines is 2. The Labute approximate surface area is 166 Å². The van der Waals surface area contributed by atoms with E-state index >= 15 is 0 Å². The molecule has 6 nitrogen and oxygen atoms in total. The first-order chi connectivity index (χ1) is 14.0. The van der Waals surface area contributed by atoms with E-state index < -0.39 is 23.6 Å². The molecule has 0 aromatic heterocycles. The van der Waals surface area contributed by atoms with Gasteiger partial charge in [-0.05, 0) is 54.6 Å². The van der Waals surface area contributed by atoms with Gasteiger partial charge in [0.2, 0.25) is 0 Å². The number of halogens is 1. The zero-order valence-electron chi connectivity index (χ0n) is 15.4. The zero-order chi connectivity index (χ0) is 20.8. The summed E-state index contributed by atoms with van der Waals surface area (Å²) in [5, 5.41) is 5.16. The van der Waals surface area contributed by atoms with Crippen LogP contribution in [0.1, 0.15) is 31.1 Å². The molecule has 0 aliphatic rings. The largest absolute Gasteiger partial charge is 0.465 e. The summed E-state index contributed by atoms with van der Waals surface area (Å²) in [6.45, 7) is 0. The standard InChI is InChI=1S/C22H17FN2O4/c1-29-22(28)16-5-4-6-17(13-16)24-20(26)14-9-11-15(12-10-14)21(27)25-19-8-3-2-7-18(19)23/h2-13H,1H3,(H,24,26)(H,25,27). The number of amides is 2. The van der Waals surface area contributed by atoms with Gasteiger partial charge >= 0.3 is 5.97 Å². The Hall–Kier alpha value is -4.00. The number of ether oxygens (including phenoxy) is 1. The lowest BCUT2D eigenvalue weighted by atomic mass is 10.1. The van der Waals surface area contributed by atoms with Crippen molar-refractivity contribution in [3.05, 3.63) is 95.3 Å². The van der Waals surface area contributed by atoms with Crippen LogP contribution in [0.2, 0.25) is 0 Å². The highest BCUT2D eigenvalue weighted by atomic mass is 19.1. The van der Waals surface area contributed by atoms with Gasteiger partial charge in [0.05, 0.1) is 18.4 Å². The second kappa shape index (κ2) is 8.79. The first kappa shape index (κ1) is 19.8. The number of rotatable bonds is 5. The van der Waals surface area contributed by atoms with Crippen LogP contribution in [0.3, 0.4) is 0 Å². The van der Waals surface area contributed by atoms with Crippen molar-refractivity contribution in [1.82, 2.24) is 0 Å². The van der Waals surface area contributed by atoms with Crippen molar-refractivity contribution in [2.75, 3.05) is 17.7 Å². The van der Waals surface area contributed by atoms with Crippen LogP contribution in [0.15, 0.2) is 72.8 Å². The molecule has 2 N–H and O–H groups in total. The van der Waals surface area contributed by atoms with Crippen LogP contribution in [-0.2, 0) is 4.74 Å². The average molecular weight is 392 g/mol. The molecular weight excluding hydrogens is 375 g/mol. The van der Waals surface area contributed by atoms with Gasteiger partial charge in [-0.25, -0.2) is 9.18 Å². The van der Waals surface area contributed by atoms with Crippen LogP contribution in [0, 0.1) is 5.82 Å². The molecule has 0 saturated heterocycles. The summed E-state index contributed by atoms with van der Waals surface area (Å²) in [7, 11) is 1.28. The molecule has 7 heteroatoms. The maximum Gasteiger partial charge on any atom is 0.337 e. The van der Waals surface area contributed by atoms with Crippen LogP contribution < -0.4 is 10.6 Å². The summed E-state index contributed by atoms with van der Waals surface area (Å²) < 4.78 is 18.3. The van der Waals surface area contributed by atoms with E-state index in [0.717, 1.165) is 0 Å². The molecule has 0 bridgehead atoms. The molecule has 0 fully saturated rings. The normalized spacial score (nSPS) is 10.1. The highest BCUT2D eigenvalue weighted by molar-refractivity contribution is 6.07. The van der Waals surface area contributed by atoms with Crippen LogP contribution >= 0.6 is 0 Å². The molecule has 0 aliphatic heterocycles. The summed E-state index contributed by atoms with van der Waals surface area (Å²) in [6, 6.07) is 18.1. The number of para-hydroxylation sites is 1. The number of nitrogens with one attached hydrogen (secondary N) is 2. The van der Waals surface area contributed by atoms with Gasteiger partial charge in [0, 0.05) is 16.8 Å². The number of esters is 1. The summed E-state index contributed by atoms with van der Waals surface area (Å²) in [6.07, 6.45) is 0. The van der Waals surface area contributed by atoms with E-state index in [4.69, 9.17) is 0 Å². The fraction of sp³-hybridized carbons (Fsp3) is 0.0455. The molecule has 146 valence electrons. The van der Waals surface area contributed by atoms with E-state index in [0.29, 0.717) is 16.8 Å². The molecule has 0 aliphatic carbocycles. The minimum absolute atomic E-state index is 0.0739. The molecule has 0 saturated carbocycles. The van der Waals surface area contributed by atoms with Gasteiger partial charge in [-0.1, -0.05) is 18.2 Å². The van der Waals surface area contributed by atoms with Crippen LogP contribution in [0.25, 0.3) is 0 Å². The van der Waals surface area contributed by atoms with E-state index in [1.54, 1.807) is 24.3 Å². The van der Waals surface area contributed by atoms with Crippen molar-refractivity contribution in [3.8, 4) is 0 Å². The number of hydrogen-bond acceptors (Lipinski definition) is 4. The Morgan fingerprint density at radius 3 is 2.00 bits per heavy atom. The zero-order valence-corrected chi connectivity index (χ0v) is 15.4. The van der Waals surface area contributed by atoms with Crippen molar-refractivity contribution < 1.29 is 23.5 Å². The Bertz CT molecular complexity index is 1060. The molecule has 2 amide bonds. The third kappa shape index (κ3) is 4.84. The van der Waals surface area contributed by atoms with Gasteiger partial charge in [0.25, 0.3) is 11.8 Å². The topological polar surface area (TPSA) is 84.5 Å². The molecule has 3 rings (SSSR count). The second-order valence-electron chi connectivity index (χ2n) is 6.04. The predicted octanol–water partition coefficient (Wildman–Crippen LogP) is 4.12. The van der Waals surface area contributed by atoms with Crippen LogP contribution in [0.4, 0.5) is 15.8 Å². The summed E-state index contributed by atoms with van der Waals surface area (Å²) in [5.74, 6) is -1.95. The molecule has 29 heavy (non-hydrogen) atoms. The van der Waals surface area contributed by atoms with E-state index in [1.807, 2.05) is 0 Å². The van der Waals surface area contributed by atoms with Gasteiger partial charge in [-0.15, -0.1) is 0 Å². The van der Waals surface area contributed by atoms with Crippen molar-refractivity contribution in [3.63, 3.8) is 0 Å². The first-order valence-electron chi connectivity index (χ1n) is 8.63. The SMILES string of the molecule is COC(=O)c1cccc(NC(=O)c2ccc(C(=O)Nc3ccccc3F)cc2)c1. The molecule has 0 heterocycles. The molecule has 0 radical (unpaired) electrons. The molecule has 0 spiro atoms. The Balaban J connectivity index is 1.68. The lowest BCUT2D eigenvalue weighted by Gasteiger charge is -2.08. The monoisotopic (exact) mass is 392 g/mol. The van der Waals surface area contributed by atoms with Crippen LogP contribution in [0.5, 0.6) is 0 Å². The second-order valence-corrected chi connectivity index (χ2v) is 6.04. The summed E-state index contributed by atoms with van der Waals surface area (Å²) >= 11 is 0. The maximum absolute atomic E-state index is 13.6. The predicted molar refractivity (Wildman–Crippen MR) is 107 cm³/mol. The van der Waals surface area contributed by atoms with Crippen molar-refractivity contribution in [2.24, 2.45) is 0 Å². The molecule has 3 aromatic rings. The highest BCUT2D eigenvalue weighted by Crippen LogP contribution is 2.16. The minimum atomic E-state index is -0.536. The Kier molecular flexibility index (Phi) is 5.99. The van der Waals surface area contributed by atoms with Crippen molar-refractivity contribution >= 4 is 29.2 Å². The van der Waals surface area contributed by atoms with Gasteiger partial charge in [0.15, 0.2) is 0 Å². The highest BCUT2D eigenvalue weighted by Gasteiger charge is 2.12. The van der Waals surface area contributed by atoms with E-state index in [2.05, 4.69) is 15.4 Å². The number of hydrogen-bond donors (Lipinski definition) is 2. The average Bonchev–Trinajstić information content (AvgIpc) is 2.75. The number of carbonyl (C=O) groups is 3. The van der Waals surface area contributed by atoms with E-state index in [-0.39, 0.29) is 11.3 Å². The molecule has 0 unspecified atom stereocenters. The fourth-order valence-electron chi connectivity index (χ4n) is 2.58. The number of methoxy groups -OCH3 is 1. The molecule has 3 aromatic carbocycles. The molecular formula is C22H17FN2O4. The van der Waals surface area contributed by atoms with Gasteiger partial charge in [0.1, 0.15) is 5.82 Å². The Morgan fingerprint density at radius 1 is 0.759 bits per heavy atom. The lowest BCUT2D eigenvalue weighted by molar-refractivity contribution is 0.0600. The summed E-state index contributed by atoms with van der Waals surface area (Å²) in [4.78, 5) is 36.2. The minimum Gasteiger partial charge on any atom is -0.465 e. The third-order valence-corrected chi connectivity index (χ3v) is 4.07. The van der Waals surface area contributed by atoms with Crippen LogP contribution in [-0.4, -0.2) is 24.9 Å². The van der Waals surface area contributed by atoms with E-state index in [9.17, 15) is 18.8 Å². The number of carbonyl (C=O) groups excluding carboxylic acids is 3. The Morgan fingerprint density at radius 2 is 1.38 bits per heavy atom. The van der Waals surface area contributed by atoms with Gasteiger partial charge in [-0.2, -0.15) is 0 Å². The van der Waals surface area contributed by atoms with Gasteiger partial charge in [-0.3, -0.25) is 9.59 Å². The van der Waals surface area contributed by atoms with Crippen molar-refractivity contribution in [1.29, 1.82) is 0 Å². The first-order valence-corrected chi connectivity index (χ1v) is 8.63. The lowest BCUT2D eigenvalue weighted by Crippen LogP contribution is -2.15. The third-order valence-electron chi connectivity index (χ3n) is 4.07. The fourth-order valence-corrected chi connectivity index (χ4v) is 2.58. The van der Waals surface area contributed by atoms with Crippen molar-refractivity contribution in [2.45, 2.75) is 0 Å². The molecule has 0 atom stereocenters. The quantitative estimate of drug-likeness (QED) is 0.640.